The fourth-order valence-electron chi connectivity index (χ4n) is 3.66. The number of aliphatic carboxylic acids is 2. The van der Waals surface area contributed by atoms with E-state index in [9.17, 15) is 23.2 Å². The summed E-state index contributed by atoms with van der Waals surface area (Å²) in [6.07, 6.45) is 5.78. The van der Waals surface area contributed by atoms with Crippen LogP contribution in [0, 0.1) is 16.9 Å². The maximum atomic E-state index is 11.1. The molecule has 0 amide bonds. The minimum Gasteiger partial charge on any atom is -0.480 e. The van der Waals surface area contributed by atoms with Crippen molar-refractivity contribution in [2.24, 2.45) is 5.41 Å². The van der Waals surface area contributed by atoms with Gasteiger partial charge >= 0.3 is 18.1 Å². The monoisotopic (exact) mass is 364 g/mol. The fourth-order valence-corrected chi connectivity index (χ4v) is 3.66. The van der Waals surface area contributed by atoms with E-state index in [2.05, 4.69) is 13.1 Å². The third-order valence-corrected chi connectivity index (χ3v) is 4.93. The second-order valence-electron chi connectivity index (χ2n) is 6.97. The molecule has 0 bridgehead atoms. The summed E-state index contributed by atoms with van der Waals surface area (Å²) in [6.45, 7) is 2.30. The van der Waals surface area contributed by atoms with Crippen molar-refractivity contribution in [2.75, 3.05) is 0 Å². The zero-order valence-electron chi connectivity index (χ0n) is 14.1. The number of nitriles is 1. The first-order valence-electron chi connectivity index (χ1n) is 8.21. The van der Waals surface area contributed by atoms with Gasteiger partial charge in [-0.15, -0.1) is 0 Å². The highest BCUT2D eigenvalue weighted by Crippen LogP contribution is 2.42. The number of nitrogens with zero attached hydrogens (tertiary/aromatic N) is 2. The van der Waals surface area contributed by atoms with Crippen LogP contribution in [0.25, 0.3) is 0 Å². The molecule has 6 nitrogen and oxygen atoms in total. The number of alkyl halides is 3. The molecule has 1 saturated carbocycles. The summed E-state index contributed by atoms with van der Waals surface area (Å²) >= 11 is 0. The van der Waals surface area contributed by atoms with Crippen LogP contribution in [0.4, 0.5) is 13.2 Å². The number of hydrogen-bond acceptors (Lipinski definition) is 4. The lowest BCUT2D eigenvalue weighted by atomic mass is 9.71. The summed E-state index contributed by atoms with van der Waals surface area (Å²) in [6, 6.07) is -0.452. The molecule has 2 atom stereocenters. The molecule has 9 heteroatoms. The van der Waals surface area contributed by atoms with E-state index in [1.165, 1.54) is 37.0 Å². The van der Waals surface area contributed by atoms with Crippen molar-refractivity contribution in [1.82, 2.24) is 4.90 Å². The van der Waals surface area contributed by atoms with Crippen LogP contribution >= 0.6 is 0 Å². The van der Waals surface area contributed by atoms with E-state index in [-0.39, 0.29) is 6.04 Å². The van der Waals surface area contributed by atoms with E-state index in [1.807, 2.05) is 0 Å². The van der Waals surface area contributed by atoms with Gasteiger partial charge in [-0.25, -0.2) is 9.59 Å². The maximum absolute atomic E-state index is 11.1. The number of carbonyl (C=O) groups is 2. The second-order valence-corrected chi connectivity index (χ2v) is 6.97. The first-order chi connectivity index (χ1) is 11.5. The average Bonchev–Trinajstić information content (AvgIpc) is 2.89. The van der Waals surface area contributed by atoms with E-state index < -0.39 is 24.2 Å². The lowest BCUT2D eigenvalue weighted by Crippen LogP contribution is -2.39. The number of carboxylic acid groups (broad SMARTS) is 2. The van der Waals surface area contributed by atoms with E-state index in [0.717, 1.165) is 12.8 Å². The van der Waals surface area contributed by atoms with Gasteiger partial charge < -0.3 is 10.2 Å². The van der Waals surface area contributed by atoms with Crippen LogP contribution in [0.5, 0.6) is 0 Å². The molecule has 0 aromatic rings. The number of likely N-dealkylation sites (tertiary alicyclic amines) is 1. The molecule has 1 aliphatic heterocycles. The normalized spacial score (nSPS) is 25.5. The number of carboxylic acids is 2. The maximum Gasteiger partial charge on any atom is 0.490 e. The minimum absolute atomic E-state index is 0.138. The van der Waals surface area contributed by atoms with Gasteiger partial charge in [-0.2, -0.15) is 18.4 Å². The van der Waals surface area contributed by atoms with Gasteiger partial charge in [0.1, 0.15) is 6.04 Å². The van der Waals surface area contributed by atoms with E-state index in [4.69, 9.17) is 15.0 Å². The Morgan fingerprint density at radius 1 is 1.20 bits per heavy atom. The molecule has 2 fully saturated rings. The highest BCUT2D eigenvalue weighted by Gasteiger charge is 2.41. The van der Waals surface area contributed by atoms with E-state index in [0.29, 0.717) is 11.8 Å². The Labute approximate surface area is 144 Å². The molecule has 2 N–H and O–H groups in total. The molecule has 1 saturated heterocycles. The minimum atomic E-state index is -5.08. The van der Waals surface area contributed by atoms with Gasteiger partial charge in [0.2, 0.25) is 0 Å². The number of halogens is 3. The van der Waals surface area contributed by atoms with Crippen molar-refractivity contribution in [3.05, 3.63) is 0 Å². The molecule has 25 heavy (non-hydrogen) atoms. The van der Waals surface area contributed by atoms with Gasteiger partial charge in [-0.3, -0.25) is 4.90 Å². The van der Waals surface area contributed by atoms with Crippen LogP contribution in [0.1, 0.15) is 58.3 Å². The van der Waals surface area contributed by atoms with Crippen molar-refractivity contribution >= 4 is 11.9 Å². The Kier molecular flexibility index (Phi) is 7.08. The van der Waals surface area contributed by atoms with Gasteiger partial charge in [0.05, 0.1) is 0 Å². The van der Waals surface area contributed by atoms with Gasteiger partial charge in [0.15, 0.2) is 6.19 Å². The van der Waals surface area contributed by atoms with Crippen molar-refractivity contribution in [3.8, 4) is 6.19 Å². The molecular weight excluding hydrogens is 341 g/mol. The first-order valence-corrected chi connectivity index (χ1v) is 8.21. The van der Waals surface area contributed by atoms with Crippen LogP contribution in [0.2, 0.25) is 0 Å². The lowest BCUT2D eigenvalue weighted by molar-refractivity contribution is -0.192. The predicted molar refractivity (Wildman–Crippen MR) is 81.4 cm³/mol. The summed E-state index contributed by atoms with van der Waals surface area (Å²) in [5.74, 6) is -3.61. The summed E-state index contributed by atoms with van der Waals surface area (Å²) < 4.78 is 31.7. The predicted octanol–water partition coefficient (Wildman–Crippen LogP) is 3.38. The molecular formula is C16H23F3N2O4. The summed E-state index contributed by atoms with van der Waals surface area (Å²) in [5, 5.41) is 25.4. The third kappa shape index (κ3) is 6.11. The average molecular weight is 364 g/mol. The molecule has 142 valence electrons. The molecule has 2 rings (SSSR count). The largest absolute Gasteiger partial charge is 0.490 e. The van der Waals surface area contributed by atoms with Crippen molar-refractivity contribution < 1.29 is 33.0 Å². The highest BCUT2D eigenvalue weighted by molar-refractivity contribution is 5.74. The molecule has 2 unspecified atom stereocenters. The Morgan fingerprint density at radius 3 is 2.12 bits per heavy atom. The zero-order chi connectivity index (χ0) is 19.3. The number of rotatable bonds is 3. The highest BCUT2D eigenvalue weighted by atomic mass is 19.4. The SMILES string of the molecule is CC1(CC2CCC(C(=O)O)N2C#N)CCCCC1.O=C(O)C(F)(F)F. The van der Waals surface area contributed by atoms with Crippen LogP contribution < -0.4 is 0 Å². The van der Waals surface area contributed by atoms with Gasteiger partial charge in [-0.1, -0.05) is 26.2 Å². The zero-order valence-corrected chi connectivity index (χ0v) is 14.1. The molecule has 1 heterocycles. The Morgan fingerprint density at radius 2 is 1.72 bits per heavy atom. The Bertz CT molecular complexity index is 524. The van der Waals surface area contributed by atoms with Crippen molar-refractivity contribution in [1.29, 1.82) is 5.26 Å². The fraction of sp³-hybridized carbons (Fsp3) is 0.812. The number of hydrogen-bond donors (Lipinski definition) is 2. The standard InChI is InChI=1S/C14H22N2O2.C2HF3O2/c1-14(7-3-2-4-8-14)9-11-5-6-12(13(17)18)16(11)10-15;3-2(4,5)1(6)7/h11-12H,2-9H2,1H3,(H,17,18);(H,6,7). The van der Waals surface area contributed by atoms with Crippen LogP contribution in [-0.4, -0.2) is 45.3 Å². The molecule has 0 spiro atoms. The van der Waals surface area contributed by atoms with E-state index >= 15 is 0 Å². The lowest BCUT2D eigenvalue weighted by Gasteiger charge is -2.37. The Hall–Kier alpha value is -1.98. The molecule has 0 aromatic heterocycles. The van der Waals surface area contributed by atoms with E-state index in [1.54, 1.807) is 0 Å². The Balaban J connectivity index is 0.000000381. The first kappa shape index (κ1) is 21.1. The van der Waals surface area contributed by atoms with Gasteiger partial charge in [0, 0.05) is 6.04 Å². The van der Waals surface area contributed by atoms with Crippen LogP contribution in [-0.2, 0) is 9.59 Å². The van der Waals surface area contributed by atoms with Crippen LogP contribution in [0.3, 0.4) is 0 Å². The summed E-state index contributed by atoms with van der Waals surface area (Å²) in [4.78, 5) is 21.5. The molecule has 1 aliphatic carbocycles. The molecule has 0 aromatic carbocycles. The molecule has 2 aliphatic rings. The van der Waals surface area contributed by atoms with Crippen molar-refractivity contribution in [2.45, 2.75) is 76.6 Å². The summed E-state index contributed by atoms with van der Waals surface area (Å²) in [5.41, 5.74) is 0.311. The van der Waals surface area contributed by atoms with Gasteiger partial charge in [-0.05, 0) is 37.5 Å². The molecule has 0 radical (unpaired) electrons. The second kappa shape index (κ2) is 8.41. The third-order valence-electron chi connectivity index (χ3n) is 4.93. The van der Waals surface area contributed by atoms with Crippen molar-refractivity contribution in [3.63, 3.8) is 0 Å². The van der Waals surface area contributed by atoms with Crippen LogP contribution in [0.15, 0.2) is 0 Å². The summed E-state index contributed by atoms with van der Waals surface area (Å²) in [7, 11) is 0. The smallest absolute Gasteiger partial charge is 0.480 e. The van der Waals surface area contributed by atoms with Gasteiger partial charge in [0.25, 0.3) is 0 Å². The quantitative estimate of drug-likeness (QED) is 0.745. The topological polar surface area (TPSA) is 102 Å².